The van der Waals surface area contributed by atoms with Crippen LogP contribution in [0.2, 0.25) is 0 Å². The zero-order valence-corrected chi connectivity index (χ0v) is 18.3. The molecule has 2 fully saturated rings. The molecule has 1 saturated carbocycles. The molecule has 0 unspecified atom stereocenters. The quantitative estimate of drug-likeness (QED) is 0.581. The lowest BCUT2D eigenvalue weighted by Crippen LogP contribution is -2.36. The smallest absolute Gasteiger partial charge is 0.268 e. The molecular weight excluding hydrogens is 422 g/mol. The number of ether oxygens (including phenoxy) is 2. The molecule has 0 atom stereocenters. The summed E-state index contributed by atoms with van der Waals surface area (Å²) in [5, 5.41) is 3.40. The Hall–Kier alpha value is -3.53. The number of benzene rings is 1. The molecule has 3 N–H and O–H groups in total. The molecular formula is C23H27N7O3. The predicted octanol–water partition coefficient (Wildman–Crippen LogP) is 2.16. The van der Waals surface area contributed by atoms with Crippen molar-refractivity contribution in [3.8, 4) is 5.75 Å². The summed E-state index contributed by atoms with van der Waals surface area (Å²) in [7, 11) is 0. The first-order chi connectivity index (χ1) is 16.2. The van der Waals surface area contributed by atoms with Gasteiger partial charge in [0.15, 0.2) is 0 Å². The lowest BCUT2D eigenvalue weighted by molar-refractivity contribution is 0.0995. The average molecular weight is 450 g/mol. The Bertz CT molecular complexity index is 1110. The Morgan fingerprint density at radius 2 is 1.85 bits per heavy atom. The van der Waals surface area contributed by atoms with Gasteiger partial charge in [0.25, 0.3) is 5.91 Å². The van der Waals surface area contributed by atoms with E-state index in [4.69, 9.17) is 15.2 Å². The Morgan fingerprint density at radius 3 is 2.58 bits per heavy atom. The van der Waals surface area contributed by atoms with Gasteiger partial charge in [-0.1, -0.05) is 0 Å². The van der Waals surface area contributed by atoms with Gasteiger partial charge in [0.2, 0.25) is 5.95 Å². The number of morpholine rings is 1. The second-order valence-electron chi connectivity index (χ2n) is 8.34. The van der Waals surface area contributed by atoms with Crippen molar-refractivity contribution < 1.29 is 14.3 Å². The van der Waals surface area contributed by atoms with Crippen LogP contribution < -0.4 is 20.7 Å². The normalized spacial score (nSPS) is 21.0. The van der Waals surface area contributed by atoms with Crippen LogP contribution in [0.5, 0.6) is 5.75 Å². The van der Waals surface area contributed by atoms with E-state index in [1.807, 2.05) is 12.1 Å². The maximum absolute atomic E-state index is 11.7. The van der Waals surface area contributed by atoms with Crippen LogP contribution >= 0.6 is 0 Å². The van der Waals surface area contributed by atoms with E-state index < -0.39 is 5.91 Å². The van der Waals surface area contributed by atoms with Crippen molar-refractivity contribution in [2.45, 2.75) is 37.8 Å². The number of carbonyl (C=O) groups is 1. The SMILES string of the molecule is NC(=O)c1cnc2cc(N3CCOCC3)cc(OC3CCC(Nc4ncccn4)CC3)c2n1. The molecule has 1 aliphatic heterocycles. The van der Waals surface area contributed by atoms with Gasteiger partial charge >= 0.3 is 0 Å². The zero-order chi connectivity index (χ0) is 22.6. The molecule has 5 rings (SSSR count). The summed E-state index contributed by atoms with van der Waals surface area (Å²) in [5.41, 5.74) is 7.82. The minimum atomic E-state index is -0.609. The fourth-order valence-electron chi connectivity index (χ4n) is 4.34. The third-order valence-electron chi connectivity index (χ3n) is 6.09. The maximum atomic E-state index is 11.7. The second kappa shape index (κ2) is 9.53. The van der Waals surface area contributed by atoms with Crippen LogP contribution in [-0.2, 0) is 4.74 Å². The molecule has 2 aliphatic rings. The summed E-state index contributed by atoms with van der Waals surface area (Å²) in [4.78, 5) is 31.3. The van der Waals surface area contributed by atoms with E-state index in [0.717, 1.165) is 44.5 Å². The molecule has 1 aromatic carbocycles. The molecule has 33 heavy (non-hydrogen) atoms. The summed E-state index contributed by atoms with van der Waals surface area (Å²) in [5.74, 6) is 0.676. The summed E-state index contributed by atoms with van der Waals surface area (Å²) in [6, 6.07) is 6.09. The number of hydrogen-bond donors (Lipinski definition) is 2. The lowest BCUT2D eigenvalue weighted by Gasteiger charge is -2.31. The molecule has 172 valence electrons. The highest BCUT2D eigenvalue weighted by Gasteiger charge is 2.25. The number of rotatable bonds is 6. The van der Waals surface area contributed by atoms with Gasteiger partial charge in [-0.05, 0) is 37.8 Å². The van der Waals surface area contributed by atoms with Gasteiger partial charge < -0.3 is 25.4 Å². The summed E-state index contributed by atoms with van der Waals surface area (Å²) in [6.45, 7) is 2.97. The Labute approximate surface area is 191 Å². The van der Waals surface area contributed by atoms with E-state index in [9.17, 15) is 4.79 Å². The Kier molecular flexibility index (Phi) is 6.16. The molecule has 10 nitrogen and oxygen atoms in total. The van der Waals surface area contributed by atoms with Gasteiger partial charge in [-0.2, -0.15) is 0 Å². The molecule has 0 spiro atoms. The number of nitrogens with two attached hydrogens (primary N) is 1. The third kappa shape index (κ3) is 4.95. The van der Waals surface area contributed by atoms with Crippen molar-refractivity contribution in [2.24, 2.45) is 5.73 Å². The molecule has 1 aliphatic carbocycles. The van der Waals surface area contributed by atoms with E-state index in [-0.39, 0.29) is 11.8 Å². The monoisotopic (exact) mass is 449 g/mol. The van der Waals surface area contributed by atoms with Gasteiger partial charge in [-0.3, -0.25) is 9.78 Å². The highest BCUT2D eigenvalue weighted by atomic mass is 16.5. The molecule has 2 aromatic heterocycles. The number of nitrogens with one attached hydrogen (secondary N) is 1. The number of aromatic nitrogens is 4. The van der Waals surface area contributed by atoms with Crippen LogP contribution in [0.25, 0.3) is 11.0 Å². The standard InChI is InChI=1S/C23H27N7O3/c24-22(31)19-14-27-18-12-16(30-8-10-32-11-9-30)13-20(21(18)29-19)33-17-4-2-15(3-5-17)28-23-25-6-1-7-26-23/h1,6-7,12-15,17H,2-5,8-11H2,(H2,24,31)(H,25,26,28). The van der Waals surface area contributed by atoms with Crippen LogP contribution in [0.1, 0.15) is 36.2 Å². The molecule has 10 heteroatoms. The van der Waals surface area contributed by atoms with E-state index >= 15 is 0 Å². The first kappa shape index (κ1) is 21.3. The summed E-state index contributed by atoms with van der Waals surface area (Å²) >= 11 is 0. The Morgan fingerprint density at radius 1 is 1.09 bits per heavy atom. The van der Waals surface area contributed by atoms with Crippen LogP contribution in [0.15, 0.2) is 36.8 Å². The van der Waals surface area contributed by atoms with Crippen LogP contribution in [0.4, 0.5) is 11.6 Å². The highest BCUT2D eigenvalue weighted by Crippen LogP contribution is 2.33. The molecule has 3 heterocycles. The first-order valence-corrected chi connectivity index (χ1v) is 11.3. The number of anilines is 2. The third-order valence-corrected chi connectivity index (χ3v) is 6.09. The molecule has 1 saturated heterocycles. The number of hydrogen-bond acceptors (Lipinski definition) is 9. The van der Waals surface area contributed by atoms with Gasteiger partial charge in [0, 0.05) is 43.3 Å². The van der Waals surface area contributed by atoms with E-state index in [0.29, 0.717) is 42.0 Å². The van der Waals surface area contributed by atoms with Crippen LogP contribution in [0.3, 0.4) is 0 Å². The van der Waals surface area contributed by atoms with Gasteiger partial charge in [-0.25, -0.2) is 15.0 Å². The molecule has 1 amide bonds. The molecule has 0 radical (unpaired) electrons. The second-order valence-corrected chi connectivity index (χ2v) is 8.34. The fourth-order valence-corrected chi connectivity index (χ4v) is 4.34. The number of nitrogens with zero attached hydrogens (tertiary/aromatic N) is 5. The minimum absolute atomic E-state index is 0.0434. The number of carbonyl (C=O) groups excluding carboxylic acids is 1. The summed E-state index contributed by atoms with van der Waals surface area (Å²) < 4.78 is 11.9. The predicted molar refractivity (Wildman–Crippen MR) is 123 cm³/mol. The zero-order valence-electron chi connectivity index (χ0n) is 18.3. The molecule has 3 aromatic rings. The molecule has 0 bridgehead atoms. The van der Waals surface area contributed by atoms with Crippen molar-refractivity contribution in [1.82, 2.24) is 19.9 Å². The lowest BCUT2D eigenvalue weighted by atomic mass is 9.93. The fraction of sp³-hybridized carbons (Fsp3) is 0.435. The van der Waals surface area contributed by atoms with E-state index in [1.54, 1.807) is 18.5 Å². The van der Waals surface area contributed by atoms with Crippen LogP contribution in [-0.4, -0.2) is 64.3 Å². The number of primary amides is 1. The summed E-state index contributed by atoms with van der Waals surface area (Å²) in [6.07, 6.45) is 8.59. The van der Waals surface area contributed by atoms with Crippen LogP contribution in [0, 0.1) is 0 Å². The number of amides is 1. The van der Waals surface area contributed by atoms with E-state index in [2.05, 4.69) is 30.2 Å². The maximum Gasteiger partial charge on any atom is 0.268 e. The van der Waals surface area contributed by atoms with Crippen molar-refractivity contribution >= 4 is 28.6 Å². The van der Waals surface area contributed by atoms with Crippen molar-refractivity contribution in [3.63, 3.8) is 0 Å². The van der Waals surface area contributed by atoms with E-state index in [1.165, 1.54) is 6.20 Å². The number of fused-ring (bicyclic) bond motifs is 1. The topological polar surface area (TPSA) is 128 Å². The van der Waals surface area contributed by atoms with Gasteiger partial charge in [-0.15, -0.1) is 0 Å². The highest BCUT2D eigenvalue weighted by molar-refractivity contribution is 5.94. The average Bonchev–Trinajstić information content (AvgIpc) is 2.86. The van der Waals surface area contributed by atoms with Crippen molar-refractivity contribution in [3.05, 3.63) is 42.5 Å². The van der Waals surface area contributed by atoms with Gasteiger partial charge in [0.1, 0.15) is 17.0 Å². The Balaban J connectivity index is 1.35. The van der Waals surface area contributed by atoms with Crippen molar-refractivity contribution in [2.75, 3.05) is 36.5 Å². The first-order valence-electron chi connectivity index (χ1n) is 11.3. The van der Waals surface area contributed by atoms with Crippen molar-refractivity contribution in [1.29, 1.82) is 0 Å². The minimum Gasteiger partial charge on any atom is -0.488 e. The van der Waals surface area contributed by atoms with Gasteiger partial charge in [0.05, 0.1) is 31.0 Å². The largest absolute Gasteiger partial charge is 0.488 e.